The van der Waals surface area contributed by atoms with E-state index < -0.39 is 14.9 Å². The number of benzene rings is 2. The lowest BCUT2D eigenvalue weighted by Gasteiger charge is -2.42. The van der Waals surface area contributed by atoms with Gasteiger partial charge in [-0.2, -0.15) is 4.31 Å². The molecular formula is C21H22N2O6S. The molecule has 4 rings (SSSR count). The number of hydrogen-bond donors (Lipinski definition) is 0. The molecule has 0 unspecified atom stereocenters. The van der Waals surface area contributed by atoms with Crippen molar-refractivity contribution in [1.29, 1.82) is 0 Å². The van der Waals surface area contributed by atoms with E-state index in [0.717, 1.165) is 25.7 Å². The number of piperidine rings is 1. The predicted molar refractivity (Wildman–Crippen MR) is 109 cm³/mol. The van der Waals surface area contributed by atoms with Crippen LogP contribution in [0, 0.1) is 16.0 Å². The minimum atomic E-state index is -3.71. The second kappa shape index (κ2) is 8.16. The molecular weight excluding hydrogens is 408 g/mol. The maximum Gasteiger partial charge on any atom is 0.269 e. The molecule has 1 heterocycles. The van der Waals surface area contributed by atoms with Crippen LogP contribution in [0.25, 0.3) is 0 Å². The number of sulfonamides is 1. The zero-order chi connectivity index (χ0) is 21.3. The Hall–Kier alpha value is -2.78. The van der Waals surface area contributed by atoms with E-state index in [-0.39, 0.29) is 41.3 Å². The molecule has 9 heteroatoms. The van der Waals surface area contributed by atoms with Gasteiger partial charge in [0.15, 0.2) is 0 Å². The molecule has 0 spiro atoms. The fraction of sp³-hybridized carbons (Fsp3) is 0.381. The van der Waals surface area contributed by atoms with E-state index in [1.54, 1.807) is 12.1 Å². The van der Waals surface area contributed by atoms with Crippen molar-refractivity contribution in [1.82, 2.24) is 4.31 Å². The van der Waals surface area contributed by atoms with Gasteiger partial charge in [-0.15, -0.1) is 0 Å². The highest BCUT2D eigenvalue weighted by molar-refractivity contribution is 7.89. The fourth-order valence-corrected chi connectivity index (χ4v) is 5.98. The Bertz CT molecular complexity index is 1050. The van der Waals surface area contributed by atoms with Crippen LogP contribution in [0.3, 0.4) is 0 Å². The van der Waals surface area contributed by atoms with Crippen LogP contribution >= 0.6 is 0 Å². The summed E-state index contributed by atoms with van der Waals surface area (Å²) in [6.45, 7) is 0.226. The van der Waals surface area contributed by atoms with Crippen LogP contribution in [0.15, 0.2) is 53.4 Å². The third-order valence-corrected chi connectivity index (χ3v) is 7.74. The van der Waals surface area contributed by atoms with Crippen LogP contribution in [-0.2, 0) is 14.8 Å². The number of ketones is 1. The van der Waals surface area contributed by atoms with Gasteiger partial charge in [-0.1, -0.05) is 12.8 Å². The minimum absolute atomic E-state index is 0.0372. The largest absolute Gasteiger partial charge is 0.457 e. The van der Waals surface area contributed by atoms with E-state index in [4.69, 9.17) is 4.74 Å². The molecule has 1 saturated heterocycles. The normalized spacial score (nSPS) is 22.3. The van der Waals surface area contributed by atoms with Crippen LogP contribution in [-0.4, -0.2) is 36.0 Å². The first kappa shape index (κ1) is 20.5. The molecule has 2 fully saturated rings. The highest BCUT2D eigenvalue weighted by Crippen LogP contribution is 2.36. The third-order valence-electron chi connectivity index (χ3n) is 5.81. The lowest BCUT2D eigenvalue weighted by molar-refractivity contribution is -0.384. The number of non-ortho nitro benzene ring substituents is 1. The third kappa shape index (κ3) is 3.95. The van der Waals surface area contributed by atoms with Crippen molar-refractivity contribution in [2.75, 3.05) is 6.54 Å². The average Bonchev–Trinajstić information content (AvgIpc) is 2.75. The molecule has 2 aromatic rings. The first-order chi connectivity index (χ1) is 14.4. The molecule has 158 valence electrons. The van der Waals surface area contributed by atoms with Crippen molar-refractivity contribution in [3.63, 3.8) is 0 Å². The van der Waals surface area contributed by atoms with Gasteiger partial charge in [0.1, 0.15) is 17.3 Å². The van der Waals surface area contributed by atoms with Gasteiger partial charge < -0.3 is 4.74 Å². The first-order valence-electron chi connectivity index (χ1n) is 9.93. The Labute approximate surface area is 174 Å². The zero-order valence-corrected chi connectivity index (χ0v) is 17.1. The number of fused-ring (bicyclic) bond motifs is 1. The maximum absolute atomic E-state index is 13.2. The Kier molecular flexibility index (Phi) is 5.57. The molecule has 0 amide bonds. The van der Waals surface area contributed by atoms with E-state index >= 15 is 0 Å². The van der Waals surface area contributed by atoms with Gasteiger partial charge in [0, 0.05) is 37.1 Å². The molecule has 1 aliphatic carbocycles. The van der Waals surface area contributed by atoms with Crippen molar-refractivity contribution in [3.8, 4) is 11.5 Å². The molecule has 2 aliphatic rings. The number of Topliss-reactive ketones (excluding diaryl/α,β-unsaturated/α-hetero) is 1. The Balaban J connectivity index is 1.51. The van der Waals surface area contributed by atoms with Crippen molar-refractivity contribution in [3.05, 3.63) is 58.6 Å². The highest BCUT2D eigenvalue weighted by Gasteiger charge is 2.43. The summed E-state index contributed by atoms with van der Waals surface area (Å²) in [5.74, 6) is 0.827. The van der Waals surface area contributed by atoms with Gasteiger partial charge >= 0.3 is 0 Å². The molecule has 0 bridgehead atoms. The lowest BCUT2D eigenvalue weighted by Crippen LogP contribution is -2.53. The average molecular weight is 430 g/mol. The van der Waals surface area contributed by atoms with Crippen LogP contribution < -0.4 is 4.74 Å². The van der Waals surface area contributed by atoms with Crippen LogP contribution in [0.4, 0.5) is 5.69 Å². The van der Waals surface area contributed by atoms with Crippen molar-refractivity contribution in [2.45, 2.75) is 43.0 Å². The van der Waals surface area contributed by atoms with Crippen LogP contribution in [0.5, 0.6) is 11.5 Å². The Morgan fingerprint density at radius 2 is 1.57 bits per heavy atom. The molecule has 1 aliphatic heterocycles. The molecule has 2 atom stereocenters. The number of nitrogens with zero attached hydrogens (tertiary/aromatic N) is 2. The molecule has 0 N–H and O–H groups in total. The standard InChI is InChI=1S/C21H22N2O6S/c24-21-13-14-22(20-4-2-1-3-19(20)21)30(27,28)18-11-9-17(10-12-18)29-16-7-5-15(6-8-16)23(25)26/h5-12,19-20H,1-4,13-14H2/t19-,20-/m0/s1. The van der Waals surface area contributed by atoms with E-state index in [2.05, 4.69) is 0 Å². The van der Waals surface area contributed by atoms with Crippen molar-refractivity contribution < 1.29 is 22.9 Å². The number of hydrogen-bond acceptors (Lipinski definition) is 6. The Morgan fingerprint density at radius 3 is 2.20 bits per heavy atom. The Morgan fingerprint density at radius 1 is 0.967 bits per heavy atom. The van der Waals surface area contributed by atoms with Crippen LogP contribution in [0.2, 0.25) is 0 Å². The predicted octanol–water partition coefficient (Wildman–Crippen LogP) is 3.91. The van der Waals surface area contributed by atoms with Crippen LogP contribution in [0.1, 0.15) is 32.1 Å². The summed E-state index contributed by atoms with van der Waals surface area (Å²) >= 11 is 0. The fourth-order valence-electron chi connectivity index (χ4n) is 4.29. The van der Waals surface area contributed by atoms with E-state index in [9.17, 15) is 23.3 Å². The van der Waals surface area contributed by atoms with Gasteiger partial charge in [0.05, 0.1) is 9.82 Å². The van der Waals surface area contributed by atoms with E-state index in [0.29, 0.717) is 11.5 Å². The summed E-state index contributed by atoms with van der Waals surface area (Å²) in [5.41, 5.74) is -0.0372. The van der Waals surface area contributed by atoms with Gasteiger partial charge in [-0.3, -0.25) is 14.9 Å². The number of carbonyl (C=O) groups is 1. The summed E-state index contributed by atoms with van der Waals surface area (Å²) in [4.78, 5) is 22.6. The second-order valence-electron chi connectivity index (χ2n) is 7.61. The summed E-state index contributed by atoms with van der Waals surface area (Å²) in [6.07, 6.45) is 3.65. The smallest absolute Gasteiger partial charge is 0.269 e. The van der Waals surface area contributed by atoms with Crippen molar-refractivity contribution in [2.24, 2.45) is 5.92 Å². The minimum Gasteiger partial charge on any atom is -0.457 e. The summed E-state index contributed by atoms with van der Waals surface area (Å²) in [6, 6.07) is 11.5. The summed E-state index contributed by atoms with van der Waals surface area (Å²) < 4.78 is 33.6. The number of carbonyl (C=O) groups excluding carboxylic acids is 1. The quantitative estimate of drug-likeness (QED) is 0.526. The molecule has 0 aromatic heterocycles. The van der Waals surface area contributed by atoms with Crippen molar-refractivity contribution >= 4 is 21.5 Å². The highest BCUT2D eigenvalue weighted by atomic mass is 32.2. The SMILES string of the molecule is O=C1CCN(S(=O)(=O)c2ccc(Oc3ccc([N+](=O)[O-])cc3)cc2)[C@H]2CCCC[C@H]12. The lowest BCUT2D eigenvalue weighted by atomic mass is 9.79. The first-order valence-corrected chi connectivity index (χ1v) is 11.4. The second-order valence-corrected chi connectivity index (χ2v) is 9.51. The van der Waals surface area contributed by atoms with E-state index in [1.807, 2.05) is 0 Å². The topological polar surface area (TPSA) is 107 Å². The number of nitro benzene ring substituents is 1. The van der Waals surface area contributed by atoms with Gasteiger partial charge in [-0.05, 0) is 49.2 Å². The van der Waals surface area contributed by atoms with Gasteiger partial charge in [0.25, 0.3) is 5.69 Å². The molecule has 8 nitrogen and oxygen atoms in total. The number of nitro groups is 1. The zero-order valence-electron chi connectivity index (χ0n) is 16.3. The van der Waals surface area contributed by atoms with Gasteiger partial charge in [-0.25, -0.2) is 8.42 Å². The number of rotatable bonds is 5. The van der Waals surface area contributed by atoms with Gasteiger partial charge in [0.2, 0.25) is 10.0 Å². The monoisotopic (exact) mass is 430 g/mol. The molecule has 1 saturated carbocycles. The maximum atomic E-state index is 13.2. The molecule has 2 aromatic carbocycles. The molecule has 30 heavy (non-hydrogen) atoms. The summed E-state index contributed by atoms with van der Waals surface area (Å²) in [7, 11) is -3.71. The summed E-state index contributed by atoms with van der Waals surface area (Å²) in [5, 5.41) is 10.7. The van der Waals surface area contributed by atoms with E-state index in [1.165, 1.54) is 40.7 Å². The molecule has 0 radical (unpaired) electrons. The number of ether oxygens (including phenoxy) is 1.